The molecule has 6 heteroatoms. The van der Waals surface area contributed by atoms with Crippen LogP contribution in [0.25, 0.3) is 21.8 Å². The molecule has 0 radical (unpaired) electrons. The van der Waals surface area contributed by atoms with Crippen LogP contribution in [-0.4, -0.2) is 24.0 Å². The first kappa shape index (κ1) is 20.2. The molecule has 31 heavy (non-hydrogen) atoms. The highest BCUT2D eigenvalue weighted by molar-refractivity contribution is 6.13. The molecule has 6 rings (SSSR count). The van der Waals surface area contributed by atoms with E-state index in [0.29, 0.717) is 0 Å². The van der Waals surface area contributed by atoms with E-state index in [-0.39, 0.29) is 29.4 Å². The number of anilines is 1. The lowest BCUT2D eigenvalue weighted by molar-refractivity contribution is -0.644. The Morgan fingerprint density at radius 2 is 1.77 bits per heavy atom. The number of aromatic nitrogens is 2. The minimum atomic E-state index is -0.707. The van der Waals surface area contributed by atoms with E-state index in [1.165, 1.54) is 11.3 Å². The van der Waals surface area contributed by atoms with E-state index in [2.05, 4.69) is 71.7 Å². The van der Waals surface area contributed by atoms with Crippen molar-refractivity contribution in [3.63, 3.8) is 0 Å². The molecule has 1 unspecified atom stereocenters. The number of aryl methyl sites for hydroxylation is 1. The van der Waals surface area contributed by atoms with Gasteiger partial charge in [-0.1, -0.05) is 18.2 Å². The summed E-state index contributed by atoms with van der Waals surface area (Å²) in [6.45, 7) is 4.47. The number of fused-ring (bicyclic) bond motifs is 7. The van der Waals surface area contributed by atoms with Gasteiger partial charge < -0.3 is 33.6 Å². The van der Waals surface area contributed by atoms with E-state index in [9.17, 15) is 0 Å². The summed E-state index contributed by atoms with van der Waals surface area (Å²) in [5, 5.41) is 2.03. The fourth-order valence-corrected chi connectivity index (χ4v) is 5.22. The number of benzene rings is 2. The smallest absolute Gasteiger partial charge is 0.242 e. The highest BCUT2D eigenvalue weighted by Crippen LogP contribution is 2.55. The Hall–Kier alpha value is -2.74. The van der Waals surface area contributed by atoms with Gasteiger partial charge in [-0.25, -0.2) is 4.98 Å². The number of hydrogen-bond donors (Lipinski definition) is 0. The van der Waals surface area contributed by atoms with Crippen LogP contribution in [0.4, 0.5) is 11.4 Å². The van der Waals surface area contributed by atoms with Crippen LogP contribution in [0.1, 0.15) is 19.4 Å². The van der Waals surface area contributed by atoms with Crippen LogP contribution in [0.15, 0.2) is 65.9 Å². The fraction of sp³-hybridized carbons (Fsp3) is 0.240. The van der Waals surface area contributed by atoms with Gasteiger partial charge in [0.2, 0.25) is 11.2 Å². The minimum Gasteiger partial charge on any atom is -1.00 e. The summed E-state index contributed by atoms with van der Waals surface area (Å²) in [6.07, 6.45) is 5.86. The molecule has 2 aliphatic heterocycles. The first-order valence-corrected chi connectivity index (χ1v) is 10.2. The van der Waals surface area contributed by atoms with Gasteiger partial charge in [-0.3, -0.25) is 4.99 Å². The number of para-hydroxylation sites is 1. The van der Waals surface area contributed by atoms with Gasteiger partial charge >= 0.3 is 0 Å². The molecule has 0 saturated carbocycles. The zero-order chi connectivity index (χ0) is 20.7. The first-order valence-electron chi connectivity index (χ1n) is 10.2. The number of nitrogens with zero attached hydrogens (tertiary/aromatic N) is 4. The summed E-state index contributed by atoms with van der Waals surface area (Å²) < 4.78 is 9.11. The number of ether oxygens (including phenoxy) is 1. The molecule has 2 aromatic heterocycles. The van der Waals surface area contributed by atoms with Crippen LogP contribution < -0.4 is 38.2 Å². The molecule has 0 fully saturated rings. The van der Waals surface area contributed by atoms with E-state index in [1.807, 2.05) is 37.8 Å². The Morgan fingerprint density at radius 3 is 2.58 bits per heavy atom. The molecule has 0 amide bonds. The van der Waals surface area contributed by atoms with Gasteiger partial charge in [-0.05, 0) is 43.7 Å². The lowest BCUT2D eigenvalue weighted by Gasteiger charge is -2.45. The third-order valence-electron chi connectivity index (χ3n) is 6.89. The van der Waals surface area contributed by atoms with Crippen LogP contribution in [0.5, 0.6) is 5.75 Å². The van der Waals surface area contributed by atoms with Gasteiger partial charge in [-0.15, -0.1) is 0 Å². The number of likely N-dealkylation sites (N-methyl/N-ethyl adjacent to an activating group) is 1. The molecule has 0 bridgehead atoms. The second-order valence-corrected chi connectivity index (χ2v) is 8.72. The Kier molecular flexibility index (Phi) is 4.31. The van der Waals surface area contributed by atoms with Crippen molar-refractivity contribution in [1.82, 2.24) is 4.98 Å². The van der Waals surface area contributed by atoms with E-state index >= 15 is 0 Å². The highest BCUT2D eigenvalue weighted by atomic mass is 127. The Bertz CT molecular complexity index is 1400. The molecule has 5 nitrogen and oxygen atoms in total. The summed E-state index contributed by atoms with van der Waals surface area (Å²) in [5.74, 6) is 0.817. The molecule has 1 atom stereocenters. The van der Waals surface area contributed by atoms with Crippen molar-refractivity contribution in [2.45, 2.75) is 25.0 Å². The Morgan fingerprint density at radius 1 is 1.00 bits per heavy atom. The molecule has 2 aliphatic rings. The topological polar surface area (TPSA) is 41.6 Å². The van der Waals surface area contributed by atoms with Crippen LogP contribution in [-0.2, 0) is 12.5 Å². The molecular formula is C25H23IN4O. The lowest BCUT2D eigenvalue weighted by Crippen LogP contribution is -3.00. The SMILES string of the molecule is CN1c2ccccc2C(C)(C)C12C=Nc1c(c3ccc[n+](C)c3c3ncccc13)O2.[I-]. The minimum absolute atomic E-state index is 0. The standard InChI is InChI=1S/C25H23N4O.HI/c1-24(2)18-11-5-6-12-19(18)29(4)25(24)15-27-21-16-9-7-13-26-20(16)22-17(23(21)30-25)10-8-14-28(22)3;/h5-15H,1-4H3;1H/q+1;/p-1. The summed E-state index contributed by atoms with van der Waals surface area (Å²) in [5.41, 5.74) is 4.29. The van der Waals surface area contributed by atoms with Crippen molar-refractivity contribution in [2.24, 2.45) is 12.0 Å². The van der Waals surface area contributed by atoms with E-state index in [1.54, 1.807) is 0 Å². The summed E-state index contributed by atoms with van der Waals surface area (Å²) >= 11 is 0. The quantitative estimate of drug-likeness (QED) is 0.200. The van der Waals surface area contributed by atoms with Gasteiger partial charge in [0.15, 0.2) is 11.9 Å². The van der Waals surface area contributed by atoms with Crippen molar-refractivity contribution in [3.8, 4) is 5.75 Å². The maximum atomic E-state index is 7.00. The third kappa shape index (κ3) is 2.39. The van der Waals surface area contributed by atoms with Crippen molar-refractivity contribution >= 4 is 39.4 Å². The third-order valence-corrected chi connectivity index (χ3v) is 6.89. The van der Waals surface area contributed by atoms with Gasteiger partial charge in [0, 0.05) is 30.4 Å². The summed E-state index contributed by atoms with van der Waals surface area (Å²) in [6, 6.07) is 16.7. The molecule has 0 N–H and O–H groups in total. The highest BCUT2D eigenvalue weighted by Gasteiger charge is 2.58. The zero-order valence-electron chi connectivity index (χ0n) is 17.9. The maximum absolute atomic E-state index is 7.00. The Labute approximate surface area is 198 Å². The summed E-state index contributed by atoms with van der Waals surface area (Å²) in [7, 11) is 4.14. The molecule has 1 spiro atoms. The normalized spacial score (nSPS) is 20.5. The maximum Gasteiger partial charge on any atom is 0.242 e. The monoisotopic (exact) mass is 522 g/mol. The first-order chi connectivity index (χ1) is 14.5. The number of halogens is 1. The van der Waals surface area contributed by atoms with E-state index in [4.69, 9.17) is 9.73 Å². The number of rotatable bonds is 0. The van der Waals surface area contributed by atoms with Crippen molar-refractivity contribution in [3.05, 3.63) is 66.5 Å². The molecule has 2 aromatic carbocycles. The predicted molar refractivity (Wildman–Crippen MR) is 120 cm³/mol. The lowest BCUT2D eigenvalue weighted by atomic mass is 9.77. The predicted octanol–water partition coefficient (Wildman–Crippen LogP) is 1.44. The Balaban J connectivity index is 0.00000204. The van der Waals surface area contributed by atoms with E-state index in [0.717, 1.165) is 33.2 Å². The number of hydrogen-bond acceptors (Lipinski definition) is 4. The summed E-state index contributed by atoms with van der Waals surface area (Å²) in [4.78, 5) is 11.9. The van der Waals surface area contributed by atoms with Crippen molar-refractivity contribution in [1.29, 1.82) is 0 Å². The van der Waals surface area contributed by atoms with Crippen molar-refractivity contribution in [2.75, 3.05) is 11.9 Å². The molecule has 156 valence electrons. The number of aliphatic imine (C=N–C) groups is 1. The van der Waals surface area contributed by atoms with E-state index < -0.39 is 5.72 Å². The van der Waals surface area contributed by atoms with Gasteiger partial charge in [0.1, 0.15) is 18.3 Å². The van der Waals surface area contributed by atoms with Crippen LogP contribution in [0.3, 0.4) is 0 Å². The van der Waals surface area contributed by atoms with Gasteiger partial charge in [-0.2, -0.15) is 4.57 Å². The van der Waals surface area contributed by atoms with Gasteiger partial charge in [0.25, 0.3) is 0 Å². The molecule has 4 heterocycles. The molecular weight excluding hydrogens is 499 g/mol. The second-order valence-electron chi connectivity index (χ2n) is 8.72. The largest absolute Gasteiger partial charge is 1.00 e. The molecule has 0 saturated heterocycles. The van der Waals surface area contributed by atoms with Crippen LogP contribution >= 0.6 is 0 Å². The second kappa shape index (κ2) is 6.63. The van der Waals surface area contributed by atoms with Crippen LogP contribution in [0, 0.1) is 0 Å². The molecule has 4 aromatic rings. The van der Waals surface area contributed by atoms with Crippen molar-refractivity contribution < 1.29 is 33.3 Å². The fourth-order valence-electron chi connectivity index (χ4n) is 5.22. The zero-order valence-corrected chi connectivity index (χ0v) is 20.1. The average molecular weight is 522 g/mol. The average Bonchev–Trinajstić information content (AvgIpc) is 2.92. The molecule has 0 aliphatic carbocycles. The van der Waals surface area contributed by atoms with Gasteiger partial charge in [0.05, 0.1) is 17.0 Å². The van der Waals surface area contributed by atoms with Crippen LogP contribution in [0.2, 0.25) is 0 Å². The number of pyridine rings is 2.